The lowest BCUT2D eigenvalue weighted by Crippen LogP contribution is -2.07. The topological polar surface area (TPSA) is 38.0 Å². The van der Waals surface area contributed by atoms with Crippen LogP contribution in [0.25, 0.3) is 0 Å². The van der Waals surface area contributed by atoms with Crippen molar-refractivity contribution in [1.82, 2.24) is 9.78 Å². The average Bonchev–Trinajstić information content (AvgIpc) is 2.59. The van der Waals surface area contributed by atoms with E-state index in [1.807, 2.05) is 32.2 Å². The maximum Gasteiger partial charge on any atom is 0.0857 e. The Balaban J connectivity index is 2.30. The van der Waals surface area contributed by atoms with Gasteiger partial charge in [0.05, 0.1) is 22.5 Å². The number of halogens is 3. The van der Waals surface area contributed by atoms with Crippen LogP contribution in [-0.4, -0.2) is 14.9 Å². The first-order chi connectivity index (χ1) is 8.90. The van der Waals surface area contributed by atoms with Gasteiger partial charge in [0.15, 0.2) is 0 Å². The van der Waals surface area contributed by atoms with Crippen molar-refractivity contribution in [2.75, 3.05) is 0 Å². The molecule has 0 saturated heterocycles. The zero-order valence-corrected chi connectivity index (χ0v) is 14.4. The molecule has 0 aliphatic rings. The quantitative estimate of drug-likeness (QED) is 0.827. The van der Waals surface area contributed by atoms with Crippen LogP contribution in [0.3, 0.4) is 0 Å². The number of hydrogen-bond acceptors (Lipinski definition) is 2. The fraction of sp³-hybridized carbons (Fsp3) is 0.308. The second kappa shape index (κ2) is 5.95. The highest BCUT2D eigenvalue weighted by atomic mass is 79.9. The minimum Gasteiger partial charge on any atom is -0.388 e. The van der Waals surface area contributed by atoms with Crippen LogP contribution in [0, 0.1) is 6.92 Å². The van der Waals surface area contributed by atoms with Crippen LogP contribution in [0.15, 0.2) is 27.1 Å². The van der Waals surface area contributed by atoms with Gasteiger partial charge < -0.3 is 5.11 Å². The molecule has 0 saturated carbocycles. The predicted octanol–water partition coefficient (Wildman–Crippen LogP) is 4.18. The van der Waals surface area contributed by atoms with Gasteiger partial charge in [-0.2, -0.15) is 5.10 Å². The largest absolute Gasteiger partial charge is 0.388 e. The molecule has 3 nitrogen and oxygen atoms in total. The summed E-state index contributed by atoms with van der Waals surface area (Å²) in [6, 6.07) is 5.71. The molecule has 1 unspecified atom stereocenters. The Morgan fingerprint density at radius 2 is 2.11 bits per heavy atom. The third-order valence-corrected chi connectivity index (χ3v) is 4.67. The first-order valence-electron chi connectivity index (χ1n) is 5.71. The lowest BCUT2D eigenvalue weighted by Gasteiger charge is -2.14. The van der Waals surface area contributed by atoms with E-state index >= 15 is 0 Å². The molecule has 1 heterocycles. The van der Waals surface area contributed by atoms with E-state index in [9.17, 15) is 5.11 Å². The van der Waals surface area contributed by atoms with Gasteiger partial charge >= 0.3 is 0 Å². The molecule has 1 aromatic heterocycles. The summed E-state index contributed by atoms with van der Waals surface area (Å²) < 4.78 is 3.52. The van der Waals surface area contributed by atoms with Gasteiger partial charge in [0.1, 0.15) is 0 Å². The van der Waals surface area contributed by atoms with E-state index in [4.69, 9.17) is 11.6 Å². The number of aromatic nitrogens is 2. The molecule has 0 amide bonds. The molecule has 1 atom stereocenters. The van der Waals surface area contributed by atoms with Crippen molar-refractivity contribution < 1.29 is 5.11 Å². The van der Waals surface area contributed by atoms with E-state index in [2.05, 4.69) is 37.0 Å². The fourth-order valence-corrected chi connectivity index (χ4v) is 3.09. The maximum atomic E-state index is 10.4. The van der Waals surface area contributed by atoms with Gasteiger partial charge in [-0.05, 0) is 30.7 Å². The van der Waals surface area contributed by atoms with Crippen LogP contribution in [0.5, 0.6) is 0 Å². The molecule has 2 rings (SSSR count). The summed E-state index contributed by atoms with van der Waals surface area (Å²) in [7, 11) is 1.83. The summed E-state index contributed by atoms with van der Waals surface area (Å²) in [6.07, 6.45) is -0.218. The van der Waals surface area contributed by atoms with Gasteiger partial charge in [0, 0.05) is 22.4 Å². The zero-order valence-electron chi connectivity index (χ0n) is 10.5. The first-order valence-corrected chi connectivity index (χ1v) is 7.67. The number of rotatable bonds is 3. The van der Waals surface area contributed by atoms with Crippen LogP contribution in [0.2, 0.25) is 5.02 Å². The van der Waals surface area contributed by atoms with E-state index in [1.54, 1.807) is 4.68 Å². The lowest BCUT2D eigenvalue weighted by molar-refractivity contribution is 0.175. The molecule has 0 aliphatic heterocycles. The summed E-state index contributed by atoms with van der Waals surface area (Å²) in [5.74, 6) is 0. The van der Waals surface area contributed by atoms with Gasteiger partial charge in [0.25, 0.3) is 0 Å². The standard InChI is InChI=1S/C13H13Br2ClN2O/c1-7-13(16)11(18(2)17-7)6-12(19)9-5-8(14)3-4-10(9)15/h3-5,12,19H,6H2,1-2H3. The summed E-state index contributed by atoms with van der Waals surface area (Å²) in [5.41, 5.74) is 2.43. The Bertz CT molecular complexity index is 613. The predicted molar refractivity (Wildman–Crippen MR) is 83.5 cm³/mol. The second-order valence-corrected chi connectivity index (χ2v) is 6.50. The van der Waals surface area contributed by atoms with E-state index < -0.39 is 6.10 Å². The molecule has 1 N–H and O–H groups in total. The Morgan fingerprint density at radius 1 is 1.42 bits per heavy atom. The Labute approximate surface area is 133 Å². The maximum absolute atomic E-state index is 10.4. The Kier molecular flexibility index (Phi) is 4.71. The van der Waals surface area contributed by atoms with E-state index in [0.29, 0.717) is 11.4 Å². The van der Waals surface area contributed by atoms with Crippen molar-refractivity contribution >= 4 is 43.5 Å². The van der Waals surface area contributed by atoms with Gasteiger partial charge in [-0.15, -0.1) is 0 Å². The molecule has 1 aromatic carbocycles. The zero-order chi connectivity index (χ0) is 14.2. The van der Waals surface area contributed by atoms with Gasteiger partial charge in [-0.25, -0.2) is 0 Å². The minimum atomic E-state index is -0.640. The summed E-state index contributed by atoms with van der Waals surface area (Å²) in [4.78, 5) is 0. The number of aliphatic hydroxyl groups excluding tert-OH is 1. The second-order valence-electron chi connectivity index (χ2n) is 4.36. The normalized spacial score (nSPS) is 12.7. The van der Waals surface area contributed by atoms with Gasteiger partial charge in [-0.3, -0.25) is 4.68 Å². The van der Waals surface area contributed by atoms with Crippen molar-refractivity contribution in [2.24, 2.45) is 7.05 Å². The van der Waals surface area contributed by atoms with Crippen LogP contribution in [0.4, 0.5) is 0 Å². The first kappa shape index (κ1) is 15.0. The number of nitrogens with zero attached hydrogens (tertiary/aromatic N) is 2. The van der Waals surface area contributed by atoms with Crippen LogP contribution in [-0.2, 0) is 13.5 Å². The molecule has 0 bridgehead atoms. The van der Waals surface area contributed by atoms with Gasteiger partial charge in [-0.1, -0.05) is 43.5 Å². The third kappa shape index (κ3) is 3.21. The minimum absolute atomic E-state index is 0.422. The summed E-state index contributed by atoms with van der Waals surface area (Å²) >= 11 is 13.1. The average molecular weight is 409 g/mol. The highest BCUT2D eigenvalue weighted by molar-refractivity contribution is 9.11. The SMILES string of the molecule is Cc1nn(C)c(CC(O)c2cc(Br)ccc2Br)c1Cl. The Morgan fingerprint density at radius 3 is 2.68 bits per heavy atom. The van der Waals surface area contributed by atoms with E-state index in [1.165, 1.54) is 0 Å². The third-order valence-electron chi connectivity index (χ3n) is 2.97. The molecule has 0 radical (unpaired) electrons. The monoisotopic (exact) mass is 406 g/mol. The van der Waals surface area contributed by atoms with Crippen molar-refractivity contribution in [3.05, 3.63) is 49.1 Å². The van der Waals surface area contributed by atoms with Crippen molar-refractivity contribution in [3.63, 3.8) is 0 Å². The Hall–Kier alpha value is -0.360. The highest BCUT2D eigenvalue weighted by Crippen LogP contribution is 2.31. The number of aryl methyl sites for hydroxylation is 2. The smallest absolute Gasteiger partial charge is 0.0857 e. The summed E-state index contributed by atoms with van der Waals surface area (Å²) in [6.45, 7) is 1.85. The molecular weight excluding hydrogens is 395 g/mol. The number of aliphatic hydroxyl groups is 1. The van der Waals surface area contributed by atoms with Crippen LogP contribution in [0.1, 0.15) is 23.1 Å². The number of hydrogen-bond donors (Lipinski definition) is 1. The lowest BCUT2D eigenvalue weighted by atomic mass is 10.0. The highest BCUT2D eigenvalue weighted by Gasteiger charge is 2.18. The molecule has 19 heavy (non-hydrogen) atoms. The molecule has 6 heteroatoms. The molecule has 0 spiro atoms. The van der Waals surface area contributed by atoms with E-state index in [0.717, 1.165) is 25.9 Å². The molecule has 2 aromatic rings. The van der Waals surface area contributed by atoms with Crippen LogP contribution < -0.4 is 0 Å². The molecular formula is C13H13Br2ClN2O. The molecule has 0 fully saturated rings. The molecule has 0 aliphatic carbocycles. The van der Waals surface area contributed by atoms with Crippen molar-refractivity contribution in [1.29, 1.82) is 0 Å². The summed E-state index contributed by atoms with van der Waals surface area (Å²) in [5, 5.41) is 15.3. The van der Waals surface area contributed by atoms with Crippen molar-refractivity contribution in [2.45, 2.75) is 19.4 Å². The fourth-order valence-electron chi connectivity index (χ4n) is 1.96. The van der Waals surface area contributed by atoms with E-state index in [-0.39, 0.29) is 0 Å². The van der Waals surface area contributed by atoms with Gasteiger partial charge in [0.2, 0.25) is 0 Å². The van der Waals surface area contributed by atoms with Crippen molar-refractivity contribution in [3.8, 4) is 0 Å². The van der Waals surface area contributed by atoms with Crippen LogP contribution >= 0.6 is 43.5 Å². The number of benzene rings is 1. The molecule has 102 valence electrons.